The van der Waals surface area contributed by atoms with Gasteiger partial charge in [0.25, 0.3) is 0 Å². The van der Waals surface area contributed by atoms with Crippen molar-refractivity contribution in [2.75, 3.05) is 6.54 Å². The van der Waals surface area contributed by atoms with Crippen molar-refractivity contribution in [3.8, 4) is 0 Å². The molecule has 0 aromatic heterocycles. The molecule has 0 aliphatic heterocycles. The summed E-state index contributed by atoms with van der Waals surface area (Å²) in [5, 5.41) is 9.16. The van der Waals surface area contributed by atoms with Gasteiger partial charge in [0.15, 0.2) is 0 Å². The summed E-state index contributed by atoms with van der Waals surface area (Å²) in [7, 11) is 0. The summed E-state index contributed by atoms with van der Waals surface area (Å²) < 4.78 is 0. The first-order valence-electron chi connectivity index (χ1n) is 5.71. The zero-order valence-corrected chi connectivity index (χ0v) is 9.89. The van der Waals surface area contributed by atoms with Crippen LogP contribution in [-0.4, -0.2) is 22.6 Å². The molecule has 1 amide bonds. The molecule has 1 rings (SSSR count). The van der Waals surface area contributed by atoms with E-state index in [1.165, 1.54) is 4.90 Å². The highest BCUT2D eigenvalue weighted by molar-refractivity contribution is 5.65. The van der Waals surface area contributed by atoms with Crippen LogP contribution in [0.1, 0.15) is 38.3 Å². The van der Waals surface area contributed by atoms with Crippen molar-refractivity contribution in [3.05, 3.63) is 35.9 Å². The van der Waals surface area contributed by atoms with E-state index >= 15 is 0 Å². The maximum Gasteiger partial charge on any atom is 0.407 e. The monoisotopic (exact) mass is 221 g/mol. The third-order valence-corrected chi connectivity index (χ3v) is 2.75. The van der Waals surface area contributed by atoms with Crippen LogP contribution in [0, 0.1) is 0 Å². The Morgan fingerprint density at radius 1 is 1.38 bits per heavy atom. The van der Waals surface area contributed by atoms with Gasteiger partial charge in [-0.25, -0.2) is 4.79 Å². The molecule has 1 unspecified atom stereocenters. The number of rotatable bonds is 5. The van der Waals surface area contributed by atoms with Gasteiger partial charge in [0.05, 0.1) is 6.04 Å². The topological polar surface area (TPSA) is 40.5 Å². The van der Waals surface area contributed by atoms with E-state index in [-0.39, 0.29) is 6.04 Å². The zero-order chi connectivity index (χ0) is 12.0. The fourth-order valence-corrected chi connectivity index (χ4v) is 1.69. The maximum atomic E-state index is 11.1. The Bertz CT molecular complexity index is 324. The van der Waals surface area contributed by atoms with Gasteiger partial charge in [-0.3, -0.25) is 0 Å². The van der Waals surface area contributed by atoms with Crippen molar-refractivity contribution in [3.63, 3.8) is 0 Å². The lowest BCUT2D eigenvalue weighted by atomic mass is 10.1. The molecule has 1 atom stereocenters. The third kappa shape index (κ3) is 3.26. The number of nitrogens with zero attached hydrogens (tertiary/aromatic N) is 1. The third-order valence-electron chi connectivity index (χ3n) is 2.75. The maximum absolute atomic E-state index is 11.1. The molecule has 0 saturated carbocycles. The molecule has 0 fully saturated rings. The second kappa shape index (κ2) is 6.16. The van der Waals surface area contributed by atoms with Crippen LogP contribution < -0.4 is 0 Å². The summed E-state index contributed by atoms with van der Waals surface area (Å²) in [6.07, 6.45) is 1.07. The molecule has 1 N–H and O–H groups in total. The lowest BCUT2D eigenvalue weighted by Crippen LogP contribution is -2.33. The standard InChI is InChI=1S/C13H19NO2/c1-3-4-10-14(13(15)16)11(2)12-8-6-5-7-9-12/h5-9,11H,3-4,10H2,1-2H3,(H,15,16). The first kappa shape index (κ1) is 12.6. The Kier molecular flexibility index (Phi) is 4.83. The van der Waals surface area contributed by atoms with Gasteiger partial charge < -0.3 is 10.0 Å². The summed E-state index contributed by atoms with van der Waals surface area (Å²) in [5.74, 6) is 0. The normalized spacial score (nSPS) is 12.1. The summed E-state index contributed by atoms with van der Waals surface area (Å²) in [4.78, 5) is 12.6. The van der Waals surface area contributed by atoms with Gasteiger partial charge in [-0.2, -0.15) is 0 Å². The highest BCUT2D eigenvalue weighted by Crippen LogP contribution is 2.20. The molecule has 0 saturated heterocycles. The highest BCUT2D eigenvalue weighted by atomic mass is 16.4. The first-order valence-corrected chi connectivity index (χ1v) is 5.71. The van der Waals surface area contributed by atoms with Crippen LogP contribution in [0.25, 0.3) is 0 Å². The Hall–Kier alpha value is -1.51. The van der Waals surface area contributed by atoms with E-state index in [0.29, 0.717) is 6.54 Å². The summed E-state index contributed by atoms with van der Waals surface area (Å²) in [6, 6.07) is 9.66. The van der Waals surface area contributed by atoms with Crippen LogP contribution in [-0.2, 0) is 0 Å². The second-order valence-electron chi connectivity index (χ2n) is 3.92. The average molecular weight is 221 g/mol. The number of hydrogen-bond acceptors (Lipinski definition) is 1. The van der Waals surface area contributed by atoms with Gasteiger partial charge in [0, 0.05) is 6.54 Å². The van der Waals surface area contributed by atoms with Crippen LogP contribution in [0.5, 0.6) is 0 Å². The zero-order valence-electron chi connectivity index (χ0n) is 9.89. The van der Waals surface area contributed by atoms with E-state index in [0.717, 1.165) is 18.4 Å². The fraction of sp³-hybridized carbons (Fsp3) is 0.462. The van der Waals surface area contributed by atoms with E-state index in [4.69, 9.17) is 5.11 Å². The molecule has 1 aromatic rings. The first-order chi connectivity index (χ1) is 7.66. The highest BCUT2D eigenvalue weighted by Gasteiger charge is 2.19. The Morgan fingerprint density at radius 2 is 2.00 bits per heavy atom. The lowest BCUT2D eigenvalue weighted by Gasteiger charge is -2.26. The van der Waals surface area contributed by atoms with E-state index in [2.05, 4.69) is 6.92 Å². The van der Waals surface area contributed by atoms with Gasteiger partial charge in [-0.05, 0) is 18.9 Å². The van der Waals surface area contributed by atoms with Crippen molar-refractivity contribution >= 4 is 6.09 Å². The Morgan fingerprint density at radius 3 is 2.50 bits per heavy atom. The number of unbranched alkanes of at least 4 members (excludes halogenated alkanes) is 1. The number of benzene rings is 1. The molecular formula is C13H19NO2. The van der Waals surface area contributed by atoms with Crippen LogP contribution in [0.2, 0.25) is 0 Å². The van der Waals surface area contributed by atoms with Crippen molar-refractivity contribution in [2.45, 2.75) is 32.7 Å². The van der Waals surface area contributed by atoms with Crippen LogP contribution in [0.3, 0.4) is 0 Å². The summed E-state index contributed by atoms with van der Waals surface area (Å²) in [5.41, 5.74) is 1.04. The van der Waals surface area contributed by atoms with Gasteiger partial charge >= 0.3 is 6.09 Å². The van der Waals surface area contributed by atoms with E-state index < -0.39 is 6.09 Å². The lowest BCUT2D eigenvalue weighted by molar-refractivity contribution is 0.127. The molecule has 0 aliphatic rings. The molecule has 0 aliphatic carbocycles. The van der Waals surface area contributed by atoms with Crippen molar-refractivity contribution < 1.29 is 9.90 Å². The van der Waals surface area contributed by atoms with Crippen LogP contribution in [0.4, 0.5) is 4.79 Å². The molecule has 88 valence electrons. The Labute approximate surface area is 96.7 Å². The predicted molar refractivity (Wildman–Crippen MR) is 64.5 cm³/mol. The van der Waals surface area contributed by atoms with Gasteiger partial charge in [-0.1, -0.05) is 43.7 Å². The van der Waals surface area contributed by atoms with Crippen LogP contribution >= 0.6 is 0 Å². The minimum absolute atomic E-state index is 0.0785. The van der Waals surface area contributed by atoms with E-state index in [1.54, 1.807) is 0 Å². The van der Waals surface area contributed by atoms with Gasteiger partial charge in [0.1, 0.15) is 0 Å². The molecular weight excluding hydrogens is 202 g/mol. The number of hydrogen-bond donors (Lipinski definition) is 1. The predicted octanol–water partition coefficient (Wildman–Crippen LogP) is 3.53. The molecule has 0 radical (unpaired) electrons. The van der Waals surface area contributed by atoms with Gasteiger partial charge in [-0.15, -0.1) is 0 Å². The van der Waals surface area contributed by atoms with Crippen molar-refractivity contribution in [2.24, 2.45) is 0 Å². The quantitative estimate of drug-likeness (QED) is 0.826. The van der Waals surface area contributed by atoms with E-state index in [1.807, 2.05) is 37.3 Å². The minimum atomic E-state index is -0.843. The number of carboxylic acid groups (broad SMARTS) is 1. The second-order valence-corrected chi connectivity index (χ2v) is 3.92. The number of amides is 1. The smallest absolute Gasteiger partial charge is 0.407 e. The largest absolute Gasteiger partial charge is 0.465 e. The van der Waals surface area contributed by atoms with Crippen molar-refractivity contribution in [1.29, 1.82) is 0 Å². The minimum Gasteiger partial charge on any atom is -0.465 e. The van der Waals surface area contributed by atoms with E-state index in [9.17, 15) is 4.79 Å². The molecule has 3 heteroatoms. The SMILES string of the molecule is CCCCN(C(=O)O)C(C)c1ccccc1. The summed E-state index contributed by atoms with van der Waals surface area (Å²) in [6.45, 7) is 4.59. The molecule has 16 heavy (non-hydrogen) atoms. The molecule has 0 spiro atoms. The van der Waals surface area contributed by atoms with Gasteiger partial charge in [0.2, 0.25) is 0 Å². The summed E-state index contributed by atoms with van der Waals surface area (Å²) >= 11 is 0. The molecule has 0 heterocycles. The Balaban J connectivity index is 2.75. The number of carbonyl (C=O) groups is 1. The molecule has 0 bridgehead atoms. The molecule has 3 nitrogen and oxygen atoms in total. The fourth-order valence-electron chi connectivity index (χ4n) is 1.69. The van der Waals surface area contributed by atoms with Crippen molar-refractivity contribution in [1.82, 2.24) is 4.90 Å². The van der Waals surface area contributed by atoms with Crippen LogP contribution in [0.15, 0.2) is 30.3 Å². The average Bonchev–Trinajstić information content (AvgIpc) is 2.30. The molecule has 1 aromatic carbocycles.